The maximum Gasteiger partial charge on any atom is 0.0615 e. The molecule has 0 spiro atoms. The highest BCUT2D eigenvalue weighted by Crippen LogP contribution is 1.88. The van der Waals surface area contributed by atoms with E-state index in [1.807, 2.05) is 12.2 Å². The molecular weight excluding hydrogens is 136 g/mol. The van der Waals surface area contributed by atoms with E-state index in [-0.39, 0.29) is 6.61 Å². The zero-order chi connectivity index (χ0) is 8.36. The summed E-state index contributed by atoms with van der Waals surface area (Å²) in [5.41, 5.74) is 0. The maximum absolute atomic E-state index is 8.37. The molecule has 0 aromatic heterocycles. The van der Waals surface area contributed by atoms with Crippen molar-refractivity contribution in [2.45, 2.75) is 19.8 Å². The van der Waals surface area contributed by atoms with E-state index in [1.54, 1.807) is 6.08 Å². The van der Waals surface area contributed by atoms with E-state index in [1.165, 1.54) is 0 Å². The lowest BCUT2D eigenvalue weighted by molar-refractivity contribution is 0.343. The van der Waals surface area contributed by atoms with Crippen molar-refractivity contribution >= 4 is 0 Å². The standard InChI is InChI=1S/C10H16O/c1-2-3-4-5-6-7-8-9-10-11/h3-4,6-9,11H,2,5,10H2,1H3/b4-3?,7-6+,9-8+. The fourth-order valence-corrected chi connectivity index (χ4v) is 0.638. The van der Waals surface area contributed by atoms with E-state index in [2.05, 4.69) is 25.2 Å². The number of aliphatic hydroxyl groups is 1. The van der Waals surface area contributed by atoms with Gasteiger partial charge in [-0.1, -0.05) is 43.4 Å². The monoisotopic (exact) mass is 152 g/mol. The molecule has 0 aliphatic heterocycles. The zero-order valence-corrected chi connectivity index (χ0v) is 7.03. The van der Waals surface area contributed by atoms with Crippen LogP contribution < -0.4 is 0 Å². The first-order valence-electron chi connectivity index (χ1n) is 3.99. The Morgan fingerprint density at radius 3 is 2.36 bits per heavy atom. The summed E-state index contributed by atoms with van der Waals surface area (Å²) in [6.45, 7) is 2.24. The van der Waals surface area contributed by atoms with E-state index in [9.17, 15) is 0 Å². The Balaban J connectivity index is 3.29. The second-order valence-electron chi connectivity index (χ2n) is 2.15. The number of allylic oxidation sites excluding steroid dienone is 5. The molecule has 0 unspecified atom stereocenters. The van der Waals surface area contributed by atoms with Gasteiger partial charge in [0.05, 0.1) is 6.61 Å². The number of hydrogen-bond donors (Lipinski definition) is 1. The minimum absolute atomic E-state index is 0.120. The molecule has 0 aromatic rings. The summed E-state index contributed by atoms with van der Waals surface area (Å²) in [6, 6.07) is 0. The molecule has 0 aliphatic rings. The lowest BCUT2D eigenvalue weighted by atomic mass is 10.3. The molecule has 11 heavy (non-hydrogen) atoms. The fraction of sp³-hybridized carbons (Fsp3) is 0.400. The Morgan fingerprint density at radius 2 is 1.73 bits per heavy atom. The van der Waals surface area contributed by atoms with Crippen molar-refractivity contribution in [1.29, 1.82) is 0 Å². The lowest BCUT2D eigenvalue weighted by Gasteiger charge is -1.79. The average Bonchev–Trinajstić information content (AvgIpc) is 2.03. The molecule has 1 nitrogen and oxygen atoms in total. The van der Waals surface area contributed by atoms with Crippen molar-refractivity contribution in [3.63, 3.8) is 0 Å². The van der Waals surface area contributed by atoms with E-state index >= 15 is 0 Å². The maximum atomic E-state index is 8.37. The van der Waals surface area contributed by atoms with Crippen LogP contribution in [0.1, 0.15) is 19.8 Å². The van der Waals surface area contributed by atoms with Gasteiger partial charge in [0.25, 0.3) is 0 Å². The van der Waals surface area contributed by atoms with Crippen molar-refractivity contribution < 1.29 is 5.11 Å². The minimum atomic E-state index is 0.120. The Kier molecular flexibility index (Phi) is 8.50. The van der Waals surface area contributed by atoms with Crippen molar-refractivity contribution in [3.8, 4) is 0 Å². The molecule has 0 saturated carbocycles. The van der Waals surface area contributed by atoms with Crippen LogP contribution in [0.4, 0.5) is 0 Å². The first-order valence-corrected chi connectivity index (χ1v) is 3.99. The molecule has 0 radical (unpaired) electrons. The smallest absolute Gasteiger partial charge is 0.0615 e. The predicted octanol–water partition coefficient (Wildman–Crippen LogP) is 2.45. The van der Waals surface area contributed by atoms with Crippen LogP contribution in [-0.4, -0.2) is 11.7 Å². The molecular formula is C10H16O. The van der Waals surface area contributed by atoms with Gasteiger partial charge in [-0.25, -0.2) is 0 Å². The van der Waals surface area contributed by atoms with Crippen LogP contribution in [0.15, 0.2) is 36.5 Å². The Morgan fingerprint density at radius 1 is 1.00 bits per heavy atom. The molecule has 0 amide bonds. The van der Waals surface area contributed by atoms with Gasteiger partial charge in [0.2, 0.25) is 0 Å². The van der Waals surface area contributed by atoms with Crippen molar-refractivity contribution in [2.24, 2.45) is 0 Å². The molecule has 0 aliphatic carbocycles. The summed E-state index contributed by atoms with van der Waals surface area (Å²) in [7, 11) is 0. The van der Waals surface area contributed by atoms with Crippen LogP contribution in [-0.2, 0) is 0 Å². The Hall–Kier alpha value is -0.820. The number of hydrogen-bond acceptors (Lipinski definition) is 1. The molecule has 62 valence electrons. The van der Waals surface area contributed by atoms with E-state index in [0.29, 0.717) is 0 Å². The first-order chi connectivity index (χ1) is 5.41. The summed E-state index contributed by atoms with van der Waals surface area (Å²) >= 11 is 0. The van der Waals surface area contributed by atoms with Crippen LogP contribution in [0, 0.1) is 0 Å². The highest BCUT2D eigenvalue weighted by Gasteiger charge is 1.68. The number of aliphatic hydroxyl groups excluding tert-OH is 1. The average molecular weight is 152 g/mol. The van der Waals surface area contributed by atoms with Gasteiger partial charge in [0.1, 0.15) is 0 Å². The van der Waals surface area contributed by atoms with Gasteiger partial charge in [-0.05, 0) is 12.8 Å². The lowest BCUT2D eigenvalue weighted by Crippen LogP contribution is -1.67. The van der Waals surface area contributed by atoms with Crippen LogP contribution >= 0.6 is 0 Å². The van der Waals surface area contributed by atoms with Gasteiger partial charge in [0.15, 0.2) is 0 Å². The normalized spacial score (nSPS) is 12.5. The van der Waals surface area contributed by atoms with Crippen LogP contribution in [0.3, 0.4) is 0 Å². The SMILES string of the molecule is CCC=CC/C=C/C=C/CO. The van der Waals surface area contributed by atoms with E-state index in [4.69, 9.17) is 5.11 Å². The molecule has 0 bridgehead atoms. The van der Waals surface area contributed by atoms with Crippen molar-refractivity contribution in [1.82, 2.24) is 0 Å². The molecule has 1 N–H and O–H groups in total. The van der Waals surface area contributed by atoms with Crippen LogP contribution in [0.5, 0.6) is 0 Å². The van der Waals surface area contributed by atoms with Crippen LogP contribution in [0.25, 0.3) is 0 Å². The quantitative estimate of drug-likeness (QED) is 0.474. The topological polar surface area (TPSA) is 20.2 Å². The Labute approximate surface area is 68.7 Å². The summed E-state index contributed by atoms with van der Waals surface area (Å²) in [6.07, 6.45) is 13.9. The molecule has 0 rings (SSSR count). The third kappa shape index (κ3) is 9.18. The predicted molar refractivity (Wildman–Crippen MR) is 49.4 cm³/mol. The summed E-state index contributed by atoms with van der Waals surface area (Å²) < 4.78 is 0. The highest BCUT2D eigenvalue weighted by atomic mass is 16.2. The fourth-order valence-electron chi connectivity index (χ4n) is 0.638. The zero-order valence-electron chi connectivity index (χ0n) is 7.03. The van der Waals surface area contributed by atoms with Crippen molar-refractivity contribution in [3.05, 3.63) is 36.5 Å². The third-order valence-corrected chi connectivity index (χ3v) is 1.16. The van der Waals surface area contributed by atoms with Gasteiger partial charge in [-0.15, -0.1) is 0 Å². The summed E-state index contributed by atoms with van der Waals surface area (Å²) in [4.78, 5) is 0. The Bertz CT molecular complexity index is 143. The molecule has 0 saturated heterocycles. The van der Waals surface area contributed by atoms with Crippen LogP contribution in [0.2, 0.25) is 0 Å². The minimum Gasteiger partial charge on any atom is -0.392 e. The van der Waals surface area contributed by atoms with Gasteiger partial charge >= 0.3 is 0 Å². The molecule has 0 heterocycles. The first kappa shape index (κ1) is 10.2. The van der Waals surface area contributed by atoms with E-state index < -0.39 is 0 Å². The van der Waals surface area contributed by atoms with Gasteiger partial charge in [-0.2, -0.15) is 0 Å². The van der Waals surface area contributed by atoms with Gasteiger partial charge < -0.3 is 5.11 Å². The molecule has 0 aromatic carbocycles. The number of rotatable bonds is 5. The van der Waals surface area contributed by atoms with Gasteiger partial charge in [-0.3, -0.25) is 0 Å². The third-order valence-electron chi connectivity index (χ3n) is 1.16. The van der Waals surface area contributed by atoms with Crippen molar-refractivity contribution in [2.75, 3.05) is 6.61 Å². The summed E-state index contributed by atoms with van der Waals surface area (Å²) in [5, 5.41) is 8.37. The molecule has 1 heteroatoms. The van der Waals surface area contributed by atoms with E-state index in [0.717, 1.165) is 12.8 Å². The summed E-state index contributed by atoms with van der Waals surface area (Å²) in [5.74, 6) is 0. The second kappa shape index (κ2) is 9.18. The van der Waals surface area contributed by atoms with Gasteiger partial charge in [0, 0.05) is 0 Å². The molecule has 0 atom stereocenters. The highest BCUT2D eigenvalue weighted by molar-refractivity contribution is 5.04. The second-order valence-corrected chi connectivity index (χ2v) is 2.15. The molecule has 0 fully saturated rings. The largest absolute Gasteiger partial charge is 0.392 e.